The van der Waals surface area contributed by atoms with Crippen LogP contribution in [-0.4, -0.2) is 34.8 Å². The Labute approximate surface area is 182 Å². The minimum Gasteiger partial charge on any atom is -0.507 e. The molecule has 1 N–H and O–H groups in total. The molecule has 1 aliphatic rings. The highest BCUT2D eigenvalue weighted by Crippen LogP contribution is 2.40. The van der Waals surface area contributed by atoms with E-state index in [1.54, 1.807) is 31.2 Å². The maximum atomic E-state index is 13.7. The molecule has 3 rings (SSSR count). The summed E-state index contributed by atoms with van der Waals surface area (Å²) >= 11 is 0. The number of nitrogens with zero attached hydrogens (tertiary/aromatic N) is 1. The highest BCUT2D eigenvalue weighted by molar-refractivity contribution is 6.46. The summed E-state index contributed by atoms with van der Waals surface area (Å²) in [4.78, 5) is 27.1. The fraction of sp³-hybridized carbons (Fsp3) is 0.360. The number of aliphatic hydroxyl groups is 1. The second kappa shape index (κ2) is 9.33. The number of halogens is 1. The van der Waals surface area contributed by atoms with E-state index >= 15 is 0 Å². The minimum atomic E-state index is -0.738. The topological polar surface area (TPSA) is 66.8 Å². The number of Topliss-reactive ketones (excluding diaryl/α,β-unsaturated/α-hetero) is 1. The Hall–Kier alpha value is -3.15. The zero-order valence-corrected chi connectivity index (χ0v) is 18.3. The molecule has 1 aliphatic heterocycles. The Kier molecular flexibility index (Phi) is 6.78. The van der Waals surface area contributed by atoms with Crippen LogP contribution < -0.4 is 4.74 Å². The predicted molar refractivity (Wildman–Crippen MR) is 117 cm³/mol. The summed E-state index contributed by atoms with van der Waals surface area (Å²) in [6.45, 7) is 8.57. The molecule has 1 fully saturated rings. The number of rotatable bonds is 7. The van der Waals surface area contributed by atoms with E-state index in [9.17, 15) is 19.1 Å². The van der Waals surface area contributed by atoms with Crippen LogP contribution in [0.4, 0.5) is 4.39 Å². The van der Waals surface area contributed by atoms with Crippen molar-refractivity contribution in [1.82, 2.24) is 4.90 Å². The van der Waals surface area contributed by atoms with Crippen molar-refractivity contribution in [3.63, 3.8) is 0 Å². The zero-order valence-electron chi connectivity index (χ0n) is 18.3. The van der Waals surface area contributed by atoms with Gasteiger partial charge in [0.1, 0.15) is 17.3 Å². The molecule has 1 heterocycles. The fourth-order valence-electron chi connectivity index (χ4n) is 3.65. The molecule has 2 aromatic carbocycles. The Morgan fingerprint density at radius 2 is 1.84 bits per heavy atom. The van der Waals surface area contributed by atoms with Crippen molar-refractivity contribution in [3.05, 3.63) is 70.5 Å². The molecule has 1 atom stereocenters. The molecule has 164 valence electrons. The molecule has 1 saturated heterocycles. The molecular formula is C25H28FNO4. The van der Waals surface area contributed by atoms with Crippen LogP contribution in [0, 0.1) is 18.7 Å². The second-order valence-electron chi connectivity index (χ2n) is 8.23. The van der Waals surface area contributed by atoms with E-state index in [1.807, 2.05) is 6.92 Å². The molecule has 0 aliphatic carbocycles. The van der Waals surface area contributed by atoms with Gasteiger partial charge in [-0.25, -0.2) is 4.39 Å². The van der Waals surface area contributed by atoms with Crippen LogP contribution in [0.1, 0.15) is 49.9 Å². The van der Waals surface area contributed by atoms with Gasteiger partial charge in [0, 0.05) is 12.1 Å². The number of carbonyl (C=O) groups excluding carboxylic acids is 2. The van der Waals surface area contributed by atoms with Crippen LogP contribution in [0.25, 0.3) is 5.76 Å². The number of ether oxygens (including phenoxy) is 1. The van der Waals surface area contributed by atoms with Gasteiger partial charge in [0.2, 0.25) is 0 Å². The first-order chi connectivity index (χ1) is 14.7. The zero-order chi connectivity index (χ0) is 22.7. The summed E-state index contributed by atoms with van der Waals surface area (Å²) in [5.41, 5.74) is 1.36. The summed E-state index contributed by atoms with van der Waals surface area (Å²) in [6, 6.07) is 10.6. The summed E-state index contributed by atoms with van der Waals surface area (Å²) in [6.07, 6.45) is 0.662. The van der Waals surface area contributed by atoms with Crippen LogP contribution in [-0.2, 0) is 9.59 Å². The average Bonchev–Trinajstić information content (AvgIpc) is 2.99. The van der Waals surface area contributed by atoms with Gasteiger partial charge in [0.15, 0.2) is 0 Å². The summed E-state index contributed by atoms with van der Waals surface area (Å²) < 4.78 is 19.4. The second-order valence-corrected chi connectivity index (χ2v) is 8.23. The maximum absolute atomic E-state index is 13.7. The molecule has 0 bridgehead atoms. The Balaban J connectivity index is 2.07. The lowest BCUT2D eigenvalue weighted by atomic mass is 9.94. The first kappa shape index (κ1) is 22.5. The Morgan fingerprint density at radius 1 is 1.16 bits per heavy atom. The highest BCUT2D eigenvalue weighted by Gasteiger charge is 2.45. The van der Waals surface area contributed by atoms with Crippen molar-refractivity contribution < 1.29 is 23.8 Å². The van der Waals surface area contributed by atoms with Crippen LogP contribution in [0.5, 0.6) is 5.75 Å². The largest absolute Gasteiger partial charge is 0.507 e. The fourth-order valence-corrected chi connectivity index (χ4v) is 3.65. The molecule has 0 saturated carbocycles. The number of hydrogen-bond donors (Lipinski definition) is 1. The normalized spacial score (nSPS) is 18.1. The molecule has 2 aromatic rings. The van der Waals surface area contributed by atoms with E-state index in [0.29, 0.717) is 47.9 Å². The first-order valence-electron chi connectivity index (χ1n) is 10.5. The van der Waals surface area contributed by atoms with Gasteiger partial charge in [-0.2, -0.15) is 0 Å². The standard InChI is InChI=1S/C25H28FNO4/c1-5-12-27-22(17-6-9-19(10-7-17)31-14-15(2)3)21(24(29)25(27)30)23(28)18-8-11-20(26)16(4)13-18/h6-11,13,15,22,28H,5,12,14H2,1-4H3/b23-21-. The number of aliphatic hydroxyl groups excluding tert-OH is 1. The van der Waals surface area contributed by atoms with E-state index in [-0.39, 0.29) is 11.3 Å². The third-order valence-electron chi connectivity index (χ3n) is 5.22. The third-order valence-corrected chi connectivity index (χ3v) is 5.22. The smallest absolute Gasteiger partial charge is 0.295 e. The average molecular weight is 426 g/mol. The van der Waals surface area contributed by atoms with E-state index in [4.69, 9.17) is 4.74 Å². The van der Waals surface area contributed by atoms with Crippen LogP contribution in [0.15, 0.2) is 48.0 Å². The van der Waals surface area contributed by atoms with Gasteiger partial charge in [-0.3, -0.25) is 9.59 Å². The van der Waals surface area contributed by atoms with Crippen molar-refractivity contribution in [2.24, 2.45) is 5.92 Å². The van der Waals surface area contributed by atoms with Crippen molar-refractivity contribution >= 4 is 17.4 Å². The molecule has 1 amide bonds. The molecule has 5 nitrogen and oxygen atoms in total. The van der Waals surface area contributed by atoms with Crippen molar-refractivity contribution in [1.29, 1.82) is 0 Å². The van der Waals surface area contributed by atoms with Gasteiger partial charge in [-0.05, 0) is 60.7 Å². The Bertz CT molecular complexity index is 1010. The van der Waals surface area contributed by atoms with E-state index in [2.05, 4.69) is 13.8 Å². The SMILES string of the molecule is CCCN1C(=O)C(=O)/C(=C(\O)c2ccc(F)c(C)c2)C1c1ccc(OCC(C)C)cc1. The van der Waals surface area contributed by atoms with Gasteiger partial charge in [0.05, 0.1) is 18.2 Å². The van der Waals surface area contributed by atoms with Crippen LogP contribution >= 0.6 is 0 Å². The predicted octanol–water partition coefficient (Wildman–Crippen LogP) is 5.00. The van der Waals surface area contributed by atoms with E-state index in [0.717, 1.165) is 0 Å². The number of benzene rings is 2. The molecule has 0 spiro atoms. The van der Waals surface area contributed by atoms with Crippen molar-refractivity contribution in [3.8, 4) is 5.75 Å². The van der Waals surface area contributed by atoms with Gasteiger partial charge < -0.3 is 14.7 Å². The lowest BCUT2D eigenvalue weighted by Gasteiger charge is -2.25. The number of hydrogen-bond acceptors (Lipinski definition) is 4. The van der Waals surface area contributed by atoms with Gasteiger partial charge in [-0.15, -0.1) is 0 Å². The monoisotopic (exact) mass is 425 g/mol. The number of amides is 1. The van der Waals surface area contributed by atoms with Crippen molar-refractivity contribution in [2.75, 3.05) is 13.2 Å². The number of likely N-dealkylation sites (tertiary alicyclic amines) is 1. The van der Waals surface area contributed by atoms with E-state index < -0.39 is 23.5 Å². The summed E-state index contributed by atoms with van der Waals surface area (Å²) in [7, 11) is 0. The summed E-state index contributed by atoms with van der Waals surface area (Å²) in [5.74, 6) is -1.01. The highest BCUT2D eigenvalue weighted by atomic mass is 19.1. The van der Waals surface area contributed by atoms with Gasteiger partial charge in [0.25, 0.3) is 11.7 Å². The first-order valence-corrected chi connectivity index (χ1v) is 10.5. The maximum Gasteiger partial charge on any atom is 0.295 e. The van der Waals surface area contributed by atoms with Crippen LogP contribution in [0.3, 0.4) is 0 Å². The lowest BCUT2D eigenvalue weighted by molar-refractivity contribution is -0.139. The summed E-state index contributed by atoms with van der Waals surface area (Å²) in [5, 5.41) is 11.0. The molecular weight excluding hydrogens is 397 g/mol. The number of aryl methyl sites for hydroxylation is 1. The molecule has 31 heavy (non-hydrogen) atoms. The number of ketones is 1. The van der Waals surface area contributed by atoms with E-state index in [1.165, 1.54) is 23.1 Å². The van der Waals surface area contributed by atoms with Gasteiger partial charge in [-0.1, -0.05) is 32.9 Å². The van der Waals surface area contributed by atoms with Crippen molar-refractivity contribution in [2.45, 2.75) is 40.2 Å². The Morgan fingerprint density at radius 3 is 2.42 bits per heavy atom. The molecule has 6 heteroatoms. The van der Waals surface area contributed by atoms with Gasteiger partial charge >= 0.3 is 0 Å². The number of carbonyl (C=O) groups is 2. The van der Waals surface area contributed by atoms with Crippen LogP contribution in [0.2, 0.25) is 0 Å². The molecule has 1 unspecified atom stereocenters. The lowest BCUT2D eigenvalue weighted by Crippen LogP contribution is -2.30. The minimum absolute atomic E-state index is 0.0142. The third kappa shape index (κ3) is 4.63. The quantitative estimate of drug-likeness (QED) is 0.385. The molecule has 0 radical (unpaired) electrons. The molecule has 0 aromatic heterocycles.